The molecule has 3 aromatic rings. The Hall–Kier alpha value is -3.00. The first-order valence-corrected chi connectivity index (χ1v) is 10.2. The van der Waals surface area contributed by atoms with Gasteiger partial charge in [-0.1, -0.05) is 11.3 Å². The maximum atomic E-state index is 12.9. The van der Waals surface area contributed by atoms with E-state index in [1.165, 1.54) is 34.2 Å². The second-order valence-corrected chi connectivity index (χ2v) is 7.74. The zero-order valence-electron chi connectivity index (χ0n) is 16.7. The summed E-state index contributed by atoms with van der Waals surface area (Å²) >= 11 is 1.65. The van der Waals surface area contributed by atoms with Crippen molar-refractivity contribution in [3.8, 4) is 17.2 Å². The van der Waals surface area contributed by atoms with Crippen molar-refractivity contribution < 1.29 is 19.0 Å². The van der Waals surface area contributed by atoms with Gasteiger partial charge in [0.05, 0.1) is 37.1 Å². The molecule has 0 aliphatic carbocycles. The maximum absolute atomic E-state index is 12.9. The van der Waals surface area contributed by atoms with Crippen molar-refractivity contribution in [2.45, 2.75) is 12.8 Å². The van der Waals surface area contributed by atoms with Gasteiger partial charge in [-0.3, -0.25) is 4.79 Å². The van der Waals surface area contributed by atoms with Crippen LogP contribution in [0.4, 0.5) is 10.8 Å². The van der Waals surface area contributed by atoms with Gasteiger partial charge in [0.2, 0.25) is 0 Å². The molecule has 1 saturated heterocycles. The summed E-state index contributed by atoms with van der Waals surface area (Å²) in [5, 5.41) is 3.99. The van der Waals surface area contributed by atoms with Crippen LogP contribution >= 0.6 is 11.3 Å². The topological polar surface area (TPSA) is 72.9 Å². The Balaban J connectivity index is 1.60. The van der Waals surface area contributed by atoms with Crippen LogP contribution in [0.2, 0.25) is 0 Å². The van der Waals surface area contributed by atoms with E-state index >= 15 is 0 Å². The number of rotatable bonds is 6. The molecule has 152 valence electrons. The van der Waals surface area contributed by atoms with Crippen LogP contribution in [-0.2, 0) is 0 Å². The van der Waals surface area contributed by atoms with Crippen molar-refractivity contribution >= 4 is 38.3 Å². The minimum Gasteiger partial charge on any atom is -0.496 e. The first-order chi connectivity index (χ1) is 14.1. The molecule has 4 rings (SSSR count). The molecule has 0 saturated carbocycles. The van der Waals surface area contributed by atoms with Crippen LogP contribution in [-0.4, -0.2) is 45.3 Å². The molecule has 0 radical (unpaired) electrons. The number of nitrogens with zero attached hydrogens (tertiary/aromatic N) is 2. The molecule has 1 aliphatic rings. The van der Waals surface area contributed by atoms with E-state index in [2.05, 4.69) is 10.2 Å². The fraction of sp³-hybridized carbons (Fsp3) is 0.333. The third-order valence-corrected chi connectivity index (χ3v) is 6.04. The average Bonchev–Trinajstić information content (AvgIpc) is 3.41. The Morgan fingerprint density at radius 3 is 2.38 bits per heavy atom. The summed E-state index contributed by atoms with van der Waals surface area (Å²) in [7, 11) is 4.58. The highest BCUT2D eigenvalue weighted by atomic mass is 32.1. The summed E-state index contributed by atoms with van der Waals surface area (Å²) < 4.78 is 17.0. The predicted octanol–water partition coefficient (Wildman–Crippen LogP) is 4.17. The van der Waals surface area contributed by atoms with Gasteiger partial charge in [-0.25, -0.2) is 4.98 Å². The number of aromatic nitrogens is 1. The number of carbonyl (C=O) groups excluding carboxylic acids is 1. The largest absolute Gasteiger partial charge is 0.496 e. The number of ether oxygens (including phenoxy) is 3. The van der Waals surface area contributed by atoms with Crippen LogP contribution in [0.3, 0.4) is 0 Å². The second kappa shape index (κ2) is 8.16. The third kappa shape index (κ3) is 3.80. The van der Waals surface area contributed by atoms with E-state index in [0.717, 1.165) is 28.4 Å². The van der Waals surface area contributed by atoms with Gasteiger partial charge >= 0.3 is 0 Å². The van der Waals surface area contributed by atoms with Gasteiger partial charge in [-0.2, -0.15) is 0 Å². The number of nitrogens with one attached hydrogen (secondary N) is 1. The fourth-order valence-electron chi connectivity index (χ4n) is 3.44. The summed E-state index contributed by atoms with van der Waals surface area (Å²) in [6.45, 7) is 2.12. The Morgan fingerprint density at radius 1 is 1.00 bits per heavy atom. The molecule has 1 aromatic heterocycles. The van der Waals surface area contributed by atoms with Gasteiger partial charge in [0.15, 0.2) is 16.6 Å². The Morgan fingerprint density at radius 2 is 1.69 bits per heavy atom. The summed E-state index contributed by atoms with van der Waals surface area (Å²) in [6, 6.07) is 9.01. The van der Waals surface area contributed by atoms with Crippen molar-refractivity contribution in [3.05, 3.63) is 35.9 Å². The number of hydrogen-bond donors (Lipinski definition) is 1. The molecule has 0 atom stereocenters. The van der Waals surface area contributed by atoms with E-state index in [-0.39, 0.29) is 5.91 Å². The number of hydrogen-bond acceptors (Lipinski definition) is 7. The van der Waals surface area contributed by atoms with Gasteiger partial charge in [0.1, 0.15) is 5.75 Å². The molecule has 2 heterocycles. The quantitative estimate of drug-likeness (QED) is 0.654. The fourth-order valence-corrected chi connectivity index (χ4v) is 4.50. The summed E-state index contributed by atoms with van der Waals surface area (Å²) in [6.07, 6.45) is 2.43. The summed E-state index contributed by atoms with van der Waals surface area (Å²) in [5.74, 6) is 1.09. The third-order valence-electron chi connectivity index (χ3n) is 4.96. The van der Waals surface area contributed by atoms with Crippen LogP contribution in [0.25, 0.3) is 10.2 Å². The maximum Gasteiger partial charge on any atom is 0.259 e. The lowest BCUT2D eigenvalue weighted by molar-refractivity contribution is 0.102. The molecule has 1 aliphatic heterocycles. The van der Waals surface area contributed by atoms with Gasteiger partial charge in [-0.05, 0) is 31.0 Å². The monoisotopic (exact) mass is 413 g/mol. The van der Waals surface area contributed by atoms with E-state index in [4.69, 9.17) is 19.2 Å². The SMILES string of the molecule is COc1cc(OC)c(C(=O)Nc2ccc3nc(N4CCCC4)sc3c2)cc1OC. The van der Waals surface area contributed by atoms with Crippen LogP contribution < -0.4 is 24.4 Å². The highest BCUT2D eigenvalue weighted by Crippen LogP contribution is 2.36. The van der Waals surface area contributed by atoms with Crippen molar-refractivity contribution in [3.63, 3.8) is 0 Å². The molecule has 7 nitrogen and oxygen atoms in total. The molecule has 0 spiro atoms. The van der Waals surface area contributed by atoms with Gasteiger partial charge in [-0.15, -0.1) is 0 Å². The highest BCUT2D eigenvalue weighted by molar-refractivity contribution is 7.22. The van der Waals surface area contributed by atoms with E-state index in [1.807, 2.05) is 18.2 Å². The predicted molar refractivity (Wildman–Crippen MR) is 115 cm³/mol. The van der Waals surface area contributed by atoms with E-state index in [1.54, 1.807) is 23.5 Å². The average molecular weight is 413 g/mol. The minimum absolute atomic E-state index is 0.286. The standard InChI is InChI=1S/C21H23N3O4S/c1-26-16-12-18(28-3)17(27-2)11-14(16)20(25)22-13-6-7-15-19(10-13)29-21(23-15)24-8-4-5-9-24/h6-7,10-12H,4-5,8-9H2,1-3H3,(H,22,25). The van der Waals surface area contributed by atoms with Gasteiger partial charge < -0.3 is 24.4 Å². The first-order valence-electron chi connectivity index (χ1n) is 9.40. The molecular formula is C21H23N3O4S. The van der Waals surface area contributed by atoms with Crippen LogP contribution in [0, 0.1) is 0 Å². The molecule has 1 N–H and O–H groups in total. The lowest BCUT2D eigenvalue weighted by Gasteiger charge is -2.14. The molecule has 2 aromatic carbocycles. The Kier molecular flexibility index (Phi) is 5.44. The molecule has 8 heteroatoms. The van der Waals surface area contributed by atoms with Crippen LogP contribution in [0.1, 0.15) is 23.2 Å². The molecular weight excluding hydrogens is 390 g/mol. The smallest absolute Gasteiger partial charge is 0.259 e. The van der Waals surface area contributed by atoms with Crippen molar-refractivity contribution in [1.82, 2.24) is 4.98 Å². The normalized spacial score (nSPS) is 13.6. The molecule has 0 unspecified atom stereocenters. The van der Waals surface area contributed by atoms with E-state index < -0.39 is 0 Å². The number of fused-ring (bicyclic) bond motifs is 1. The molecule has 1 amide bonds. The highest BCUT2D eigenvalue weighted by Gasteiger charge is 2.19. The number of carbonyl (C=O) groups is 1. The number of methoxy groups -OCH3 is 3. The summed E-state index contributed by atoms with van der Waals surface area (Å²) in [5.41, 5.74) is 2.02. The van der Waals surface area contributed by atoms with Crippen molar-refractivity contribution in [2.75, 3.05) is 44.6 Å². The zero-order chi connectivity index (χ0) is 20.4. The molecule has 29 heavy (non-hydrogen) atoms. The molecule has 1 fully saturated rings. The number of amides is 1. The lowest BCUT2D eigenvalue weighted by Crippen LogP contribution is -2.16. The van der Waals surface area contributed by atoms with Crippen LogP contribution in [0.15, 0.2) is 30.3 Å². The Labute approximate surface area is 173 Å². The van der Waals surface area contributed by atoms with Gasteiger partial charge in [0, 0.05) is 30.9 Å². The van der Waals surface area contributed by atoms with Gasteiger partial charge in [0.25, 0.3) is 5.91 Å². The second-order valence-electron chi connectivity index (χ2n) is 6.73. The molecule has 0 bridgehead atoms. The van der Waals surface area contributed by atoms with Crippen LogP contribution in [0.5, 0.6) is 17.2 Å². The van der Waals surface area contributed by atoms with E-state index in [0.29, 0.717) is 28.5 Å². The zero-order valence-corrected chi connectivity index (χ0v) is 17.5. The summed E-state index contributed by atoms with van der Waals surface area (Å²) in [4.78, 5) is 19.9. The Bertz CT molecular complexity index is 1040. The minimum atomic E-state index is -0.286. The lowest BCUT2D eigenvalue weighted by atomic mass is 10.1. The number of thiazole rings is 1. The van der Waals surface area contributed by atoms with Crippen molar-refractivity contribution in [2.24, 2.45) is 0 Å². The van der Waals surface area contributed by atoms with Crippen molar-refractivity contribution in [1.29, 1.82) is 0 Å². The van der Waals surface area contributed by atoms with E-state index in [9.17, 15) is 4.79 Å². The first kappa shape index (κ1) is 19.3. The number of anilines is 2. The number of benzene rings is 2.